The Labute approximate surface area is 127 Å². The maximum atomic E-state index is 12.4. The fourth-order valence-corrected chi connectivity index (χ4v) is 4.08. The molecule has 0 aliphatic carbocycles. The van der Waals surface area contributed by atoms with Gasteiger partial charge in [0.15, 0.2) is 0 Å². The summed E-state index contributed by atoms with van der Waals surface area (Å²) in [6.45, 7) is 1.88. The quantitative estimate of drug-likeness (QED) is 0.848. The number of fused-ring (bicyclic) bond motifs is 1. The minimum Gasteiger partial charge on any atom is -0.315 e. The molecule has 7 nitrogen and oxygen atoms in total. The minimum absolute atomic E-state index is 0.126. The van der Waals surface area contributed by atoms with Crippen LogP contribution in [0.25, 0.3) is 0 Å². The highest BCUT2D eigenvalue weighted by atomic mass is 32.2. The van der Waals surface area contributed by atoms with Gasteiger partial charge in [0, 0.05) is 12.2 Å². The first-order chi connectivity index (χ1) is 10.2. The van der Waals surface area contributed by atoms with Crippen LogP contribution < -0.4 is 5.32 Å². The average Bonchev–Trinajstić information content (AvgIpc) is 3.06. The Balaban J connectivity index is 1.73. The number of carbonyl (C=O) groups excluding carboxylic acids is 2. The highest BCUT2D eigenvalue weighted by molar-refractivity contribution is 8.01. The molecule has 2 atom stereocenters. The van der Waals surface area contributed by atoms with Crippen molar-refractivity contribution in [1.82, 2.24) is 20.1 Å². The van der Waals surface area contributed by atoms with Gasteiger partial charge in [-0.1, -0.05) is 0 Å². The number of carbonyl (C=O) groups is 2. The highest BCUT2D eigenvalue weighted by Crippen LogP contribution is 2.47. The van der Waals surface area contributed by atoms with Gasteiger partial charge in [0.1, 0.15) is 6.04 Å². The lowest BCUT2D eigenvalue weighted by Gasteiger charge is -2.29. The van der Waals surface area contributed by atoms with Crippen LogP contribution >= 0.6 is 11.8 Å². The van der Waals surface area contributed by atoms with Crippen LogP contribution in [0.2, 0.25) is 0 Å². The van der Waals surface area contributed by atoms with Gasteiger partial charge < -0.3 is 4.90 Å². The van der Waals surface area contributed by atoms with Crippen LogP contribution in [0, 0.1) is 0 Å². The number of alkyl halides is 3. The number of nitrogens with one attached hydrogen (secondary N) is 2. The van der Waals surface area contributed by atoms with Gasteiger partial charge in [-0.25, -0.2) is 0 Å². The number of hydrogen-bond donors (Lipinski definition) is 2. The van der Waals surface area contributed by atoms with Crippen molar-refractivity contribution in [2.75, 3.05) is 11.1 Å². The summed E-state index contributed by atoms with van der Waals surface area (Å²) in [4.78, 5) is 28.4. The van der Waals surface area contributed by atoms with Crippen LogP contribution in [0.15, 0.2) is 0 Å². The summed E-state index contributed by atoms with van der Waals surface area (Å²) >= 11 is 1.49. The van der Waals surface area contributed by atoms with E-state index < -0.39 is 34.8 Å². The second-order valence-electron chi connectivity index (χ2n) is 5.26. The van der Waals surface area contributed by atoms with Gasteiger partial charge in [0.2, 0.25) is 23.6 Å². The first-order valence-electron chi connectivity index (χ1n) is 6.47. The van der Waals surface area contributed by atoms with Crippen LogP contribution in [0.4, 0.5) is 19.1 Å². The van der Waals surface area contributed by atoms with E-state index in [2.05, 4.69) is 15.4 Å². The van der Waals surface area contributed by atoms with Crippen molar-refractivity contribution in [3.05, 3.63) is 5.82 Å². The number of aromatic nitrogens is 3. The van der Waals surface area contributed by atoms with Crippen LogP contribution in [0.5, 0.6) is 0 Å². The molecular weight excluding hydrogens is 323 g/mol. The minimum atomic E-state index is -4.66. The molecule has 0 bridgehead atoms. The van der Waals surface area contributed by atoms with Crippen LogP contribution in [-0.4, -0.2) is 48.6 Å². The maximum Gasteiger partial charge on any atom is 0.451 e. The number of hydrogen-bond acceptors (Lipinski definition) is 5. The Morgan fingerprint density at radius 2 is 2.27 bits per heavy atom. The van der Waals surface area contributed by atoms with E-state index in [4.69, 9.17) is 0 Å². The van der Waals surface area contributed by atoms with Crippen LogP contribution in [-0.2, 0) is 15.8 Å². The molecule has 0 unspecified atom stereocenters. The van der Waals surface area contributed by atoms with Crippen molar-refractivity contribution < 1.29 is 22.8 Å². The summed E-state index contributed by atoms with van der Waals surface area (Å²) in [5.41, 5.74) is 0. The third-order valence-electron chi connectivity index (χ3n) is 3.74. The standard InChI is InChI=1S/C11H12F3N5O2S/c1-10-3-2-6(20)19(10)5(4-22-10)7(21)15-9-16-8(17-18-9)11(12,13)14/h5H,2-4H2,1H3,(H2,15,16,17,18,21)/t5-,10+/m1/s1. The van der Waals surface area contributed by atoms with E-state index in [1.165, 1.54) is 16.7 Å². The van der Waals surface area contributed by atoms with Crippen molar-refractivity contribution >= 4 is 29.5 Å². The molecule has 0 radical (unpaired) electrons. The Bertz CT molecular complexity index is 633. The zero-order valence-electron chi connectivity index (χ0n) is 11.4. The maximum absolute atomic E-state index is 12.4. The third kappa shape index (κ3) is 2.42. The summed E-state index contributed by atoms with van der Waals surface area (Å²) in [6, 6.07) is -0.724. The Morgan fingerprint density at radius 1 is 1.55 bits per heavy atom. The molecule has 2 fully saturated rings. The smallest absolute Gasteiger partial charge is 0.315 e. The monoisotopic (exact) mass is 335 g/mol. The molecule has 0 spiro atoms. The average molecular weight is 335 g/mol. The molecule has 3 rings (SSSR count). The molecule has 1 aromatic rings. The number of rotatable bonds is 2. The number of amides is 2. The van der Waals surface area contributed by atoms with Crippen molar-refractivity contribution in [2.45, 2.75) is 36.9 Å². The van der Waals surface area contributed by atoms with Crippen LogP contribution in [0.3, 0.4) is 0 Å². The largest absolute Gasteiger partial charge is 0.451 e. The molecule has 2 N–H and O–H groups in total. The Hall–Kier alpha value is -1.78. The number of nitrogens with zero attached hydrogens (tertiary/aromatic N) is 3. The van der Waals surface area contributed by atoms with Crippen molar-refractivity contribution in [3.8, 4) is 0 Å². The lowest BCUT2D eigenvalue weighted by molar-refractivity contribution is -0.144. The summed E-state index contributed by atoms with van der Waals surface area (Å²) < 4.78 is 37.2. The molecule has 11 heteroatoms. The fourth-order valence-electron chi connectivity index (χ4n) is 2.65. The summed E-state index contributed by atoms with van der Waals surface area (Å²) in [7, 11) is 0. The van der Waals surface area contributed by atoms with E-state index in [9.17, 15) is 22.8 Å². The number of H-pyrrole nitrogens is 1. The topological polar surface area (TPSA) is 91.0 Å². The van der Waals surface area contributed by atoms with E-state index in [0.717, 1.165) is 0 Å². The molecule has 3 heterocycles. The van der Waals surface area contributed by atoms with Crippen molar-refractivity contribution in [2.24, 2.45) is 0 Å². The molecule has 0 aromatic carbocycles. The second kappa shape index (κ2) is 4.86. The predicted octanol–water partition coefficient (Wildman–Crippen LogP) is 1.22. The van der Waals surface area contributed by atoms with E-state index in [0.29, 0.717) is 18.6 Å². The van der Waals surface area contributed by atoms with Gasteiger partial charge in [-0.2, -0.15) is 18.2 Å². The van der Waals surface area contributed by atoms with Gasteiger partial charge in [0.05, 0.1) is 4.87 Å². The molecule has 22 heavy (non-hydrogen) atoms. The van der Waals surface area contributed by atoms with Crippen molar-refractivity contribution in [3.63, 3.8) is 0 Å². The lowest BCUT2D eigenvalue weighted by Crippen LogP contribution is -2.48. The van der Waals surface area contributed by atoms with Gasteiger partial charge in [0.25, 0.3) is 0 Å². The molecule has 1 aromatic heterocycles. The number of thioether (sulfide) groups is 1. The molecule has 120 valence electrons. The molecule has 2 saturated heterocycles. The van der Waals surface area contributed by atoms with Gasteiger partial charge in [-0.3, -0.25) is 20.0 Å². The zero-order chi connectivity index (χ0) is 16.1. The number of aromatic amines is 1. The number of halogens is 3. The molecular formula is C11H12F3N5O2S. The predicted molar refractivity (Wildman–Crippen MR) is 70.7 cm³/mol. The Morgan fingerprint density at radius 3 is 2.91 bits per heavy atom. The normalized spacial score (nSPS) is 28.1. The first kappa shape index (κ1) is 15.1. The first-order valence-corrected chi connectivity index (χ1v) is 7.46. The van der Waals surface area contributed by atoms with E-state index >= 15 is 0 Å². The summed E-state index contributed by atoms with van der Waals surface area (Å²) in [5, 5.41) is 7.26. The second-order valence-corrected chi connectivity index (χ2v) is 6.76. The van der Waals surface area contributed by atoms with E-state index in [1.807, 2.05) is 6.92 Å². The lowest BCUT2D eigenvalue weighted by atomic mass is 10.2. The fraction of sp³-hybridized carbons (Fsp3) is 0.636. The van der Waals surface area contributed by atoms with E-state index in [1.54, 1.807) is 5.10 Å². The van der Waals surface area contributed by atoms with Gasteiger partial charge >= 0.3 is 6.18 Å². The van der Waals surface area contributed by atoms with Gasteiger partial charge in [-0.15, -0.1) is 16.9 Å². The summed E-state index contributed by atoms with van der Waals surface area (Å²) in [6.07, 6.45) is -3.64. The Kier molecular flexibility index (Phi) is 3.34. The molecule has 2 aliphatic rings. The van der Waals surface area contributed by atoms with E-state index in [-0.39, 0.29) is 5.91 Å². The van der Waals surface area contributed by atoms with Crippen LogP contribution in [0.1, 0.15) is 25.6 Å². The molecule has 2 amide bonds. The number of anilines is 1. The molecule has 0 saturated carbocycles. The SMILES string of the molecule is C[C@]12CCC(=O)N1[C@@H](C(=O)Nc1n[nH]c(C(F)(F)F)n1)CS2. The summed E-state index contributed by atoms with van der Waals surface area (Å²) in [5.74, 6) is -2.06. The highest BCUT2D eigenvalue weighted by Gasteiger charge is 2.53. The van der Waals surface area contributed by atoms with Crippen molar-refractivity contribution in [1.29, 1.82) is 0 Å². The van der Waals surface area contributed by atoms with Gasteiger partial charge in [-0.05, 0) is 13.3 Å². The molecule has 2 aliphatic heterocycles. The third-order valence-corrected chi connectivity index (χ3v) is 5.24. The zero-order valence-corrected chi connectivity index (χ0v) is 12.2.